The Hall–Kier alpha value is -2.49. The summed E-state index contributed by atoms with van der Waals surface area (Å²) in [5.74, 6) is 0.471. The maximum Gasteiger partial charge on any atom is 0.269 e. The van der Waals surface area contributed by atoms with Crippen LogP contribution in [0.1, 0.15) is 5.56 Å². The van der Waals surface area contributed by atoms with E-state index in [0.717, 1.165) is 10.9 Å². The van der Waals surface area contributed by atoms with Crippen molar-refractivity contribution in [3.63, 3.8) is 0 Å². The van der Waals surface area contributed by atoms with E-state index in [0.29, 0.717) is 39.2 Å². The van der Waals surface area contributed by atoms with Crippen LogP contribution in [0.2, 0.25) is 10.0 Å². The van der Waals surface area contributed by atoms with E-state index in [-0.39, 0.29) is 17.3 Å². The summed E-state index contributed by atoms with van der Waals surface area (Å²) in [4.78, 5) is 4.06. The molecule has 2 N–H and O–H groups in total. The molecule has 2 heterocycles. The van der Waals surface area contributed by atoms with Gasteiger partial charge in [-0.1, -0.05) is 29.3 Å². The molecule has 0 aliphatic heterocycles. The van der Waals surface area contributed by atoms with Gasteiger partial charge in [0.1, 0.15) is 10.6 Å². The molecule has 0 unspecified atom stereocenters. The Morgan fingerprint density at radius 3 is 2.58 bits per heavy atom. The molecule has 0 spiro atoms. The van der Waals surface area contributed by atoms with E-state index >= 15 is 0 Å². The molecular formula is C22H21Cl3N4O3S. The molecule has 0 radical (unpaired) electrons. The van der Waals surface area contributed by atoms with Crippen molar-refractivity contribution >= 4 is 67.9 Å². The van der Waals surface area contributed by atoms with Crippen molar-refractivity contribution in [2.75, 3.05) is 19.5 Å². The highest BCUT2D eigenvalue weighted by molar-refractivity contribution is 7.90. The molecule has 0 aliphatic carbocycles. The average Bonchev–Trinajstić information content (AvgIpc) is 3.15. The van der Waals surface area contributed by atoms with Gasteiger partial charge in [0.25, 0.3) is 10.0 Å². The van der Waals surface area contributed by atoms with Gasteiger partial charge in [0, 0.05) is 42.3 Å². The van der Waals surface area contributed by atoms with Crippen molar-refractivity contribution < 1.29 is 13.2 Å². The maximum absolute atomic E-state index is 13.3. The van der Waals surface area contributed by atoms with Crippen molar-refractivity contribution in [3.8, 4) is 5.75 Å². The summed E-state index contributed by atoms with van der Waals surface area (Å²) in [6, 6.07) is 11.9. The van der Waals surface area contributed by atoms with Gasteiger partial charge in [-0.05, 0) is 42.9 Å². The first kappa shape index (κ1) is 25.1. The smallest absolute Gasteiger partial charge is 0.269 e. The van der Waals surface area contributed by atoms with Gasteiger partial charge in [-0.2, -0.15) is 0 Å². The number of hydrogen-bond donors (Lipinski definition) is 2. The monoisotopic (exact) mass is 526 g/mol. The number of nitrogens with one attached hydrogen (secondary N) is 2. The number of fused-ring (bicyclic) bond motifs is 1. The third-order valence-electron chi connectivity index (χ3n) is 4.93. The van der Waals surface area contributed by atoms with Crippen LogP contribution in [-0.2, 0) is 16.6 Å². The van der Waals surface area contributed by atoms with Gasteiger partial charge in [0.2, 0.25) is 0 Å². The zero-order chi connectivity index (χ0) is 22.9. The summed E-state index contributed by atoms with van der Waals surface area (Å²) in [7, 11) is -0.514. The maximum atomic E-state index is 13.3. The molecule has 2 aromatic heterocycles. The molecule has 0 aliphatic rings. The lowest BCUT2D eigenvalue weighted by Crippen LogP contribution is -2.12. The number of halogens is 3. The topological polar surface area (TPSA) is 85.2 Å². The first-order valence-electron chi connectivity index (χ1n) is 9.59. The number of benzene rings is 2. The van der Waals surface area contributed by atoms with Crippen molar-refractivity contribution in [2.45, 2.75) is 11.4 Å². The Labute approximate surface area is 208 Å². The van der Waals surface area contributed by atoms with Crippen LogP contribution < -0.4 is 15.4 Å². The summed E-state index contributed by atoms with van der Waals surface area (Å²) in [5, 5.41) is 7.92. The van der Waals surface area contributed by atoms with E-state index in [9.17, 15) is 8.42 Å². The standard InChI is InChI=1S/C22H20Cl2N4O3S.ClH/c1-25-11-14-13-28(32(29,30)16-4-3-7-26-12-16)21-8-15(5-6-17(14)21)27-20-10-22(31-2)19(24)9-18(20)23;/h3-10,12-13,25,27H,11H2,1-2H3;1H. The molecule has 0 bridgehead atoms. The average molecular weight is 528 g/mol. The van der Waals surface area contributed by atoms with Gasteiger partial charge in [-0.3, -0.25) is 4.98 Å². The lowest BCUT2D eigenvalue weighted by Gasteiger charge is -2.13. The molecule has 2 aromatic carbocycles. The zero-order valence-corrected chi connectivity index (χ0v) is 20.8. The fraction of sp³-hybridized carbons (Fsp3) is 0.136. The first-order valence-corrected chi connectivity index (χ1v) is 11.8. The summed E-state index contributed by atoms with van der Waals surface area (Å²) in [6.07, 6.45) is 4.50. The minimum atomic E-state index is -3.84. The number of rotatable bonds is 7. The summed E-state index contributed by atoms with van der Waals surface area (Å²) in [6.45, 7) is 0.513. The highest BCUT2D eigenvalue weighted by atomic mass is 35.5. The van der Waals surface area contributed by atoms with Crippen LogP contribution in [0.4, 0.5) is 11.4 Å². The molecule has 33 heavy (non-hydrogen) atoms. The van der Waals surface area contributed by atoms with Crippen molar-refractivity contribution in [3.05, 3.63) is 76.7 Å². The van der Waals surface area contributed by atoms with Gasteiger partial charge in [0.05, 0.1) is 28.4 Å². The second kappa shape index (κ2) is 10.2. The number of methoxy groups -OCH3 is 1. The fourth-order valence-electron chi connectivity index (χ4n) is 3.42. The van der Waals surface area contributed by atoms with Gasteiger partial charge in [-0.25, -0.2) is 12.4 Å². The van der Waals surface area contributed by atoms with Crippen LogP contribution in [0.5, 0.6) is 5.75 Å². The summed E-state index contributed by atoms with van der Waals surface area (Å²) < 4.78 is 33.2. The molecule has 7 nitrogen and oxygen atoms in total. The molecule has 0 fully saturated rings. The molecule has 4 rings (SSSR count). The van der Waals surface area contributed by atoms with Crippen LogP contribution in [0.15, 0.2) is 66.0 Å². The van der Waals surface area contributed by atoms with E-state index < -0.39 is 10.0 Å². The van der Waals surface area contributed by atoms with E-state index in [4.69, 9.17) is 27.9 Å². The van der Waals surface area contributed by atoms with Crippen LogP contribution in [0.3, 0.4) is 0 Å². The van der Waals surface area contributed by atoms with E-state index in [1.165, 1.54) is 29.5 Å². The summed E-state index contributed by atoms with van der Waals surface area (Å²) >= 11 is 12.5. The highest BCUT2D eigenvalue weighted by Crippen LogP contribution is 2.36. The Morgan fingerprint density at radius 2 is 1.91 bits per heavy atom. The van der Waals surface area contributed by atoms with Gasteiger partial charge in [-0.15, -0.1) is 12.4 Å². The van der Waals surface area contributed by atoms with Crippen LogP contribution in [0, 0.1) is 0 Å². The molecular weight excluding hydrogens is 507 g/mol. The SMILES string of the molecule is CNCc1cn(S(=O)(=O)c2cccnc2)c2cc(Nc3cc(OC)c(Cl)cc3Cl)ccc12.Cl. The molecule has 11 heteroatoms. The number of aromatic nitrogens is 2. The molecule has 0 saturated carbocycles. The van der Waals surface area contributed by atoms with Crippen molar-refractivity contribution in [1.82, 2.24) is 14.3 Å². The van der Waals surface area contributed by atoms with Crippen LogP contribution >= 0.6 is 35.6 Å². The van der Waals surface area contributed by atoms with E-state index in [1.54, 1.807) is 30.5 Å². The van der Waals surface area contributed by atoms with Crippen molar-refractivity contribution in [1.29, 1.82) is 0 Å². The Bertz CT molecular complexity index is 1390. The fourth-order valence-corrected chi connectivity index (χ4v) is 5.28. The van der Waals surface area contributed by atoms with Crippen molar-refractivity contribution in [2.24, 2.45) is 0 Å². The number of nitrogens with zero attached hydrogens (tertiary/aromatic N) is 2. The van der Waals surface area contributed by atoms with E-state index in [2.05, 4.69) is 15.6 Å². The third-order valence-corrected chi connectivity index (χ3v) is 7.20. The normalized spacial score (nSPS) is 11.3. The number of hydrogen-bond acceptors (Lipinski definition) is 6. The quantitative estimate of drug-likeness (QED) is 0.331. The molecule has 0 amide bonds. The minimum Gasteiger partial charge on any atom is -0.495 e. The third kappa shape index (κ3) is 4.90. The second-order valence-corrected chi connectivity index (χ2v) is 9.63. The number of anilines is 2. The second-order valence-electron chi connectivity index (χ2n) is 7.00. The first-order chi connectivity index (χ1) is 15.3. The van der Waals surface area contributed by atoms with Gasteiger partial charge in [0.15, 0.2) is 0 Å². The largest absolute Gasteiger partial charge is 0.495 e. The Morgan fingerprint density at radius 1 is 1.12 bits per heavy atom. The molecule has 0 saturated heterocycles. The van der Waals surface area contributed by atoms with Crippen LogP contribution in [0.25, 0.3) is 10.9 Å². The predicted octanol–water partition coefficient (Wildman–Crippen LogP) is 5.47. The lowest BCUT2D eigenvalue weighted by atomic mass is 10.1. The number of ether oxygens (including phenoxy) is 1. The minimum absolute atomic E-state index is 0. The zero-order valence-electron chi connectivity index (χ0n) is 17.7. The highest BCUT2D eigenvalue weighted by Gasteiger charge is 2.22. The summed E-state index contributed by atoms with van der Waals surface area (Å²) in [5.41, 5.74) is 2.62. The lowest BCUT2D eigenvalue weighted by molar-refractivity contribution is 0.415. The molecule has 4 aromatic rings. The Kier molecular flexibility index (Phi) is 7.76. The molecule has 0 atom stereocenters. The molecule has 174 valence electrons. The van der Waals surface area contributed by atoms with Crippen LogP contribution in [-0.4, -0.2) is 31.5 Å². The van der Waals surface area contributed by atoms with Gasteiger partial charge < -0.3 is 15.4 Å². The Balaban J connectivity index is 0.00000306. The van der Waals surface area contributed by atoms with E-state index in [1.807, 2.05) is 19.2 Å². The van der Waals surface area contributed by atoms with Gasteiger partial charge >= 0.3 is 0 Å². The predicted molar refractivity (Wildman–Crippen MR) is 135 cm³/mol. The number of pyridine rings is 1.